The van der Waals surface area contributed by atoms with Crippen molar-refractivity contribution in [1.29, 1.82) is 0 Å². The summed E-state index contributed by atoms with van der Waals surface area (Å²) in [6, 6.07) is 3.66. The maximum absolute atomic E-state index is 12.8. The van der Waals surface area contributed by atoms with E-state index in [1.807, 2.05) is 0 Å². The maximum atomic E-state index is 12.8. The van der Waals surface area contributed by atoms with Crippen LogP contribution in [0.5, 0.6) is 0 Å². The number of rotatable bonds is 3. The Balaban J connectivity index is 2.21. The van der Waals surface area contributed by atoms with Crippen molar-refractivity contribution in [3.8, 4) is 0 Å². The average molecular weight is 320 g/mol. The summed E-state index contributed by atoms with van der Waals surface area (Å²) in [7, 11) is 0. The molecule has 2 unspecified atom stereocenters. The van der Waals surface area contributed by atoms with Gasteiger partial charge in [0, 0.05) is 6.04 Å². The minimum atomic E-state index is -4.34. The van der Waals surface area contributed by atoms with E-state index in [0.717, 1.165) is 31.4 Å². The molecule has 2 rings (SSSR count). The Kier molecular flexibility index (Phi) is 5.07. The monoisotopic (exact) mass is 319 g/mol. The third-order valence-corrected chi connectivity index (χ3v) is 4.64. The van der Waals surface area contributed by atoms with Crippen LogP contribution in [0.3, 0.4) is 0 Å². The van der Waals surface area contributed by atoms with Gasteiger partial charge in [0.05, 0.1) is 16.3 Å². The molecule has 0 heterocycles. The van der Waals surface area contributed by atoms with Crippen LogP contribution in [0.2, 0.25) is 5.02 Å². The van der Waals surface area contributed by atoms with Gasteiger partial charge in [0.25, 0.3) is 0 Å². The lowest BCUT2D eigenvalue weighted by Gasteiger charge is -2.35. The minimum absolute atomic E-state index is 0.194. The Morgan fingerprint density at radius 3 is 2.48 bits per heavy atom. The molecule has 0 saturated heterocycles. The summed E-state index contributed by atoms with van der Waals surface area (Å²) < 4.78 is 38.4. The summed E-state index contributed by atoms with van der Waals surface area (Å²) in [5, 5.41) is 3.60. The first kappa shape index (κ1) is 16.5. The molecule has 21 heavy (non-hydrogen) atoms. The molecule has 0 amide bonds. The molecule has 1 fully saturated rings. The molecule has 0 aliphatic heterocycles. The van der Waals surface area contributed by atoms with E-state index in [2.05, 4.69) is 19.2 Å². The van der Waals surface area contributed by atoms with Crippen LogP contribution >= 0.6 is 11.6 Å². The molecule has 1 nitrogen and oxygen atoms in total. The largest absolute Gasteiger partial charge is 0.416 e. The van der Waals surface area contributed by atoms with Gasteiger partial charge in [0.1, 0.15) is 0 Å². The van der Waals surface area contributed by atoms with Gasteiger partial charge in [-0.25, -0.2) is 0 Å². The number of hydrogen-bond acceptors (Lipinski definition) is 1. The lowest BCUT2D eigenvalue weighted by atomic mass is 9.78. The third-order valence-electron chi connectivity index (χ3n) is 4.31. The number of alkyl halides is 3. The van der Waals surface area contributed by atoms with Crippen LogP contribution in [0.25, 0.3) is 0 Å². The minimum Gasteiger partial charge on any atom is -0.381 e. The van der Waals surface area contributed by atoms with Gasteiger partial charge in [0.15, 0.2) is 0 Å². The molecule has 1 N–H and O–H groups in total. The van der Waals surface area contributed by atoms with Gasteiger partial charge >= 0.3 is 6.18 Å². The quantitative estimate of drug-likeness (QED) is 0.722. The fourth-order valence-electron chi connectivity index (χ4n) is 3.15. The van der Waals surface area contributed by atoms with Crippen LogP contribution < -0.4 is 5.32 Å². The van der Waals surface area contributed by atoms with Crippen LogP contribution in [0.4, 0.5) is 18.9 Å². The molecule has 1 aliphatic rings. The zero-order valence-corrected chi connectivity index (χ0v) is 13.1. The second kappa shape index (κ2) is 6.47. The van der Waals surface area contributed by atoms with E-state index in [0.29, 0.717) is 22.5 Å². The second-order valence-corrected chi connectivity index (χ2v) is 6.54. The van der Waals surface area contributed by atoms with Crippen LogP contribution in [0, 0.1) is 11.8 Å². The van der Waals surface area contributed by atoms with Crippen molar-refractivity contribution >= 4 is 17.3 Å². The van der Waals surface area contributed by atoms with Gasteiger partial charge in [-0.1, -0.05) is 38.3 Å². The molecule has 5 heteroatoms. The van der Waals surface area contributed by atoms with Crippen LogP contribution in [-0.2, 0) is 6.18 Å². The van der Waals surface area contributed by atoms with Gasteiger partial charge in [-0.2, -0.15) is 13.2 Å². The zero-order valence-electron chi connectivity index (χ0n) is 12.3. The summed E-state index contributed by atoms with van der Waals surface area (Å²) in [6.45, 7) is 4.33. The number of benzene rings is 1. The summed E-state index contributed by atoms with van der Waals surface area (Å²) in [5.74, 6) is 0.983. The third kappa shape index (κ3) is 4.06. The standard InChI is InChI=1S/C16H21ClF3N/c1-10(2)12-5-3-4-6-14(12)21-15-9-11(16(18,19)20)7-8-13(15)17/h7-10,12,14,21H,3-6H2,1-2H3. The average Bonchev–Trinajstić information content (AvgIpc) is 2.40. The topological polar surface area (TPSA) is 12.0 Å². The van der Waals surface area contributed by atoms with Crippen molar-refractivity contribution in [2.45, 2.75) is 51.7 Å². The second-order valence-electron chi connectivity index (χ2n) is 6.14. The van der Waals surface area contributed by atoms with Gasteiger partial charge < -0.3 is 5.32 Å². The van der Waals surface area contributed by atoms with Crippen LogP contribution in [-0.4, -0.2) is 6.04 Å². The Morgan fingerprint density at radius 1 is 1.19 bits per heavy atom. The lowest BCUT2D eigenvalue weighted by molar-refractivity contribution is -0.137. The SMILES string of the molecule is CC(C)C1CCCCC1Nc1cc(C(F)(F)F)ccc1Cl. The van der Waals surface area contributed by atoms with E-state index in [1.54, 1.807) is 0 Å². The highest BCUT2D eigenvalue weighted by Crippen LogP contribution is 2.37. The van der Waals surface area contributed by atoms with E-state index in [9.17, 15) is 13.2 Å². The Morgan fingerprint density at radius 2 is 1.86 bits per heavy atom. The molecule has 1 saturated carbocycles. The first-order valence-electron chi connectivity index (χ1n) is 7.42. The van der Waals surface area contributed by atoms with Crippen LogP contribution in [0.1, 0.15) is 45.1 Å². The summed E-state index contributed by atoms with van der Waals surface area (Å²) in [4.78, 5) is 0. The van der Waals surface area contributed by atoms with Crippen molar-refractivity contribution in [3.63, 3.8) is 0 Å². The molecule has 1 aromatic rings. The molecule has 1 aromatic carbocycles. The van der Waals surface area contributed by atoms with Crippen molar-refractivity contribution in [3.05, 3.63) is 28.8 Å². The predicted molar refractivity (Wildman–Crippen MR) is 80.7 cm³/mol. The molecular formula is C16H21ClF3N. The van der Waals surface area contributed by atoms with E-state index < -0.39 is 11.7 Å². The summed E-state index contributed by atoms with van der Waals surface area (Å²) in [6.07, 6.45) is 0.0567. The van der Waals surface area contributed by atoms with Gasteiger partial charge in [-0.3, -0.25) is 0 Å². The highest BCUT2D eigenvalue weighted by atomic mass is 35.5. The van der Waals surface area contributed by atoms with E-state index in [-0.39, 0.29) is 6.04 Å². The number of halogens is 4. The van der Waals surface area contributed by atoms with E-state index >= 15 is 0 Å². The molecule has 0 bridgehead atoms. The first-order chi connectivity index (χ1) is 9.79. The Labute approximate surface area is 128 Å². The molecule has 1 aliphatic carbocycles. The number of anilines is 1. The van der Waals surface area contributed by atoms with Crippen LogP contribution in [0.15, 0.2) is 18.2 Å². The molecule has 118 valence electrons. The van der Waals surface area contributed by atoms with Gasteiger partial charge in [0.2, 0.25) is 0 Å². The van der Waals surface area contributed by atoms with Gasteiger partial charge in [-0.15, -0.1) is 0 Å². The van der Waals surface area contributed by atoms with E-state index in [1.165, 1.54) is 12.5 Å². The van der Waals surface area contributed by atoms with E-state index in [4.69, 9.17) is 11.6 Å². The predicted octanol–water partition coefficient (Wildman–Crippen LogP) is 5.99. The lowest BCUT2D eigenvalue weighted by Crippen LogP contribution is -2.35. The summed E-state index contributed by atoms with van der Waals surface area (Å²) in [5.41, 5.74) is -0.268. The zero-order chi connectivity index (χ0) is 15.6. The molecule has 0 radical (unpaired) electrons. The van der Waals surface area contributed by atoms with Crippen molar-refractivity contribution in [2.75, 3.05) is 5.32 Å². The molecular weight excluding hydrogens is 299 g/mol. The highest BCUT2D eigenvalue weighted by molar-refractivity contribution is 6.33. The fourth-order valence-corrected chi connectivity index (χ4v) is 3.32. The van der Waals surface area contributed by atoms with Crippen molar-refractivity contribution < 1.29 is 13.2 Å². The smallest absolute Gasteiger partial charge is 0.381 e. The first-order valence-corrected chi connectivity index (χ1v) is 7.80. The number of hydrogen-bond donors (Lipinski definition) is 1. The summed E-state index contributed by atoms with van der Waals surface area (Å²) >= 11 is 6.06. The molecule has 0 spiro atoms. The Bertz CT molecular complexity index is 485. The molecule has 2 atom stereocenters. The number of nitrogens with one attached hydrogen (secondary N) is 1. The molecule has 0 aromatic heterocycles. The van der Waals surface area contributed by atoms with Crippen molar-refractivity contribution in [1.82, 2.24) is 0 Å². The van der Waals surface area contributed by atoms with Gasteiger partial charge in [-0.05, 0) is 42.9 Å². The Hall–Kier alpha value is -0.900. The highest BCUT2D eigenvalue weighted by Gasteiger charge is 2.32. The fraction of sp³-hybridized carbons (Fsp3) is 0.625. The normalized spacial score (nSPS) is 23.4. The van der Waals surface area contributed by atoms with Crippen molar-refractivity contribution in [2.24, 2.45) is 11.8 Å². The maximum Gasteiger partial charge on any atom is 0.416 e.